The van der Waals surface area contributed by atoms with E-state index in [0.29, 0.717) is 16.9 Å². The molecule has 1 aliphatic rings. The molecule has 7 nitrogen and oxygen atoms in total. The fourth-order valence-electron chi connectivity index (χ4n) is 4.92. The number of rotatable bonds is 5. The van der Waals surface area contributed by atoms with E-state index in [1.54, 1.807) is 0 Å². The molecule has 7 heteroatoms. The minimum atomic E-state index is -1.10. The van der Waals surface area contributed by atoms with E-state index in [1.807, 2.05) is 84.5 Å². The summed E-state index contributed by atoms with van der Waals surface area (Å²) in [7, 11) is 1.95. The standard InChI is InChI=1S/C28H22N2O5/c1-29-14-21(20-10-4-5-11-22(20)29)26-18(13-25(31)30-23(28(32)33)16-35-27(26)30)15-34-24-12-6-8-17-7-2-3-9-19(17)24/h2-14,23H,15-16H2,1H3,(H,32,33)/t23-/m0/s1. The van der Waals surface area contributed by atoms with Gasteiger partial charge in [0.1, 0.15) is 19.0 Å². The second kappa shape index (κ2) is 8.06. The Kier molecular flexibility index (Phi) is 4.84. The fraction of sp³-hybridized carbons (Fsp3) is 0.143. The number of aryl methyl sites for hydroxylation is 1. The van der Waals surface area contributed by atoms with Gasteiger partial charge in [0.05, 0.1) is 5.56 Å². The summed E-state index contributed by atoms with van der Waals surface area (Å²) in [5.74, 6) is -0.135. The lowest BCUT2D eigenvalue weighted by Crippen LogP contribution is -2.28. The second-order valence-electron chi connectivity index (χ2n) is 8.66. The van der Waals surface area contributed by atoms with Gasteiger partial charge in [-0.3, -0.25) is 9.36 Å². The van der Waals surface area contributed by atoms with Gasteiger partial charge in [-0.1, -0.05) is 54.6 Å². The molecule has 0 fully saturated rings. The number of hydrogen-bond donors (Lipinski definition) is 1. The van der Waals surface area contributed by atoms with Crippen molar-refractivity contribution in [1.29, 1.82) is 0 Å². The average Bonchev–Trinajstić information content (AvgIpc) is 3.46. The molecule has 1 N–H and O–H groups in total. The summed E-state index contributed by atoms with van der Waals surface area (Å²) in [6.07, 6.45) is 1.98. The Morgan fingerprint density at radius 1 is 1.06 bits per heavy atom. The van der Waals surface area contributed by atoms with Crippen LogP contribution in [-0.4, -0.2) is 26.8 Å². The number of carbonyl (C=O) groups is 1. The minimum Gasteiger partial charge on any atom is -0.488 e. The summed E-state index contributed by atoms with van der Waals surface area (Å²) >= 11 is 0. The molecule has 174 valence electrons. The normalized spacial score (nSPS) is 14.7. The highest BCUT2D eigenvalue weighted by molar-refractivity contribution is 5.98. The van der Waals surface area contributed by atoms with Crippen molar-refractivity contribution in [2.75, 3.05) is 6.61 Å². The highest BCUT2D eigenvalue weighted by Gasteiger charge is 2.35. The van der Waals surface area contributed by atoms with Crippen molar-refractivity contribution in [2.24, 2.45) is 7.05 Å². The Labute approximate surface area is 200 Å². The van der Waals surface area contributed by atoms with Crippen molar-refractivity contribution in [3.8, 4) is 22.8 Å². The number of nitrogens with zero attached hydrogens (tertiary/aromatic N) is 2. The summed E-state index contributed by atoms with van der Waals surface area (Å²) in [5, 5.41) is 12.7. The van der Waals surface area contributed by atoms with Crippen LogP contribution in [0.25, 0.3) is 32.8 Å². The molecule has 5 aromatic rings. The average molecular weight is 466 g/mol. The van der Waals surface area contributed by atoms with Gasteiger partial charge in [-0.2, -0.15) is 0 Å². The van der Waals surface area contributed by atoms with Crippen molar-refractivity contribution in [1.82, 2.24) is 9.13 Å². The quantitative estimate of drug-likeness (QED) is 0.404. The lowest BCUT2D eigenvalue weighted by molar-refractivity contribution is -0.140. The van der Waals surface area contributed by atoms with Gasteiger partial charge in [0, 0.05) is 46.7 Å². The molecule has 1 aliphatic heterocycles. The molecule has 6 rings (SSSR count). The Morgan fingerprint density at radius 3 is 2.63 bits per heavy atom. The number of carboxylic acids is 1. The third-order valence-corrected chi connectivity index (χ3v) is 6.56. The number of hydrogen-bond acceptors (Lipinski definition) is 4. The number of aliphatic carboxylic acids is 1. The van der Waals surface area contributed by atoms with Crippen LogP contribution in [0.4, 0.5) is 0 Å². The first-order valence-corrected chi connectivity index (χ1v) is 11.3. The molecular weight excluding hydrogens is 444 g/mol. The van der Waals surface area contributed by atoms with Crippen LogP contribution in [0.1, 0.15) is 11.6 Å². The van der Waals surface area contributed by atoms with E-state index in [2.05, 4.69) is 0 Å². The third-order valence-electron chi connectivity index (χ3n) is 6.56. The highest BCUT2D eigenvalue weighted by atomic mass is 16.5. The number of ether oxygens (including phenoxy) is 2. The SMILES string of the molecule is Cn1cc(-c2c(COc3cccc4ccccc34)cc(=O)n3c2OC[C@H]3C(=O)O)c2ccccc21. The summed E-state index contributed by atoms with van der Waals surface area (Å²) in [6, 6.07) is 22.1. The lowest BCUT2D eigenvalue weighted by Gasteiger charge is -2.16. The molecule has 0 radical (unpaired) electrons. The van der Waals surface area contributed by atoms with E-state index in [-0.39, 0.29) is 19.1 Å². The van der Waals surface area contributed by atoms with Crippen LogP contribution in [0.5, 0.6) is 11.6 Å². The maximum absolute atomic E-state index is 13.1. The molecule has 0 unspecified atom stereocenters. The van der Waals surface area contributed by atoms with E-state index < -0.39 is 17.6 Å². The monoisotopic (exact) mass is 466 g/mol. The predicted octanol–water partition coefficient (Wildman–Crippen LogP) is 4.76. The molecule has 0 saturated heterocycles. The molecule has 0 aliphatic carbocycles. The van der Waals surface area contributed by atoms with Crippen LogP contribution < -0.4 is 15.0 Å². The van der Waals surface area contributed by atoms with Crippen molar-refractivity contribution in [3.05, 3.63) is 94.9 Å². The number of para-hydroxylation sites is 1. The molecule has 0 spiro atoms. The summed E-state index contributed by atoms with van der Waals surface area (Å²) in [5.41, 5.74) is 2.75. The molecule has 0 bridgehead atoms. The molecule has 35 heavy (non-hydrogen) atoms. The van der Waals surface area contributed by atoms with E-state index in [9.17, 15) is 14.7 Å². The van der Waals surface area contributed by atoms with Gasteiger partial charge in [-0.15, -0.1) is 0 Å². The lowest BCUT2D eigenvalue weighted by atomic mass is 10.0. The van der Waals surface area contributed by atoms with E-state index in [4.69, 9.17) is 9.47 Å². The predicted molar refractivity (Wildman–Crippen MR) is 133 cm³/mol. The van der Waals surface area contributed by atoms with Crippen LogP contribution in [0, 0.1) is 0 Å². The Morgan fingerprint density at radius 2 is 1.80 bits per heavy atom. The van der Waals surface area contributed by atoms with E-state index in [0.717, 1.165) is 27.2 Å². The first-order chi connectivity index (χ1) is 17.0. The summed E-state index contributed by atoms with van der Waals surface area (Å²) < 4.78 is 15.4. The number of pyridine rings is 1. The van der Waals surface area contributed by atoms with Crippen LogP contribution in [-0.2, 0) is 18.4 Å². The maximum Gasteiger partial charge on any atom is 0.330 e. The Balaban J connectivity index is 1.54. The minimum absolute atomic E-state index is 0.101. The molecule has 3 aromatic carbocycles. The number of aromatic nitrogens is 2. The van der Waals surface area contributed by atoms with Crippen molar-refractivity contribution in [2.45, 2.75) is 12.6 Å². The zero-order chi connectivity index (χ0) is 24.1. The van der Waals surface area contributed by atoms with Gasteiger partial charge in [-0.05, 0) is 17.5 Å². The smallest absolute Gasteiger partial charge is 0.330 e. The first kappa shape index (κ1) is 21.0. The van der Waals surface area contributed by atoms with Crippen LogP contribution in [0.15, 0.2) is 83.8 Å². The van der Waals surface area contributed by atoms with Gasteiger partial charge in [0.2, 0.25) is 5.88 Å². The third kappa shape index (κ3) is 3.35. The van der Waals surface area contributed by atoms with E-state index >= 15 is 0 Å². The summed E-state index contributed by atoms with van der Waals surface area (Å²) in [4.78, 5) is 24.9. The number of fused-ring (bicyclic) bond motifs is 3. The van der Waals surface area contributed by atoms with Crippen LogP contribution in [0.2, 0.25) is 0 Å². The summed E-state index contributed by atoms with van der Waals surface area (Å²) in [6.45, 7) is 0.0205. The molecule has 2 aromatic heterocycles. The fourth-order valence-corrected chi connectivity index (χ4v) is 4.92. The van der Waals surface area contributed by atoms with Gasteiger partial charge < -0.3 is 19.1 Å². The zero-order valence-corrected chi connectivity index (χ0v) is 19.0. The van der Waals surface area contributed by atoms with E-state index in [1.165, 1.54) is 10.6 Å². The number of carboxylic acid groups (broad SMARTS) is 1. The molecule has 3 heterocycles. The molecule has 1 atom stereocenters. The molecular formula is C28H22N2O5. The van der Waals surface area contributed by atoms with Gasteiger partial charge in [0.15, 0.2) is 6.04 Å². The zero-order valence-electron chi connectivity index (χ0n) is 19.0. The van der Waals surface area contributed by atoms with Gasteiger partial charge in [-0.25, -0.2) is 4.79 Å². The van der Waals surface area contributed by atoms with Crippen LogP contribution >= 0.6 is 0 Å². The molecule has 0 amide bonds. The Bertz CT molecular complexity index is 1680. The highest BCUT2D eigenvalue weighted by Crippen LogP contribution is 2.41. The van der Waals surface area contributed by atoms with Gasteiger partial charge in [0.25, 0.3) is 5.56 Å². The number of benzene rings is 3. The largest absolute Gasteiger partial charge is 0.488 e. The van der Waals surface area contributed by atoms with Crippen molar-refractivity contribution >= 4 is 27.6 Å². The van der Waals surface area contributed by atoms with Gasteiger partial charge >= 0.3 is 5.97 Å². The second-order valence-corrected chi connectivity index (χ2v) is 8.66. The molecule has 0 saturated carbocycles. The maximum atomic E-state index is 13.1. The first-order valence-electron chi connectivity index (χ1n) is 11.3. The van der Waals surface area contributed by atoms with Crippen molar-refractivity contribution in [3.63, 3.8) is 0 Å². The van der Waals surface area contributed by atoms with Crippen molar-refractivity contribution < 1.29 is 19.4 Å². The Hall–Kier alpha value is -4.52. The van der Waals surface area contributed by atoms with Crippen LogP contribution in [0.3, 0.4) is 0 Å². The topological polar surface area (TPSA) is 82.7 Å².